The molecule has 5 aromatic rings. The zero-order valence-corrected chi connectivity index (χ0v) is 20.3. The maximum atomic E-state index is 13.1. The number of hydrazone groups is 1. The van der Waals surface area contributed by atoms with Gasteiger partial charge in [0.05, 0.1) is 34.0 Å². The Bertz CT molecular complexity index is 1620. The number of aromatic nitrogens is 2. The lowest BCUT2D eigenvalue weighted by atomic mass is 10.1. The molecule has 0 saturated heterocycles. The van der Waals surface area contributed by atoms with Gasteiger partial charge in [0.1, 0.15) is 0 Å². The minimum atomic E-state index is -0.126. The molecule has 0 fully saturated rings. The quantitative estimate of drug-likeness (QED) is 0.254. The Morgan fingerprint density at radius 3 is 1.92 bits per heavy atom. The molecule has 6 rings (SSSR count). The van der Waals surface area contributed by atoms with Crippen molar-refractivity contribution in [1.82, 2.24) is 9.78 Å². The molecule has 0 unspecified atom stereocenters. The Kier molecular flexibility index (Phi) is 5.79. The largest absolute Gasteiger partial charge is 0.280 e. The van der Waals surface area contributed by atoms with Gasteiger partial charge < -0.3 is 0 Å². The average molecular weight is 481 g/mol. The maximum absolute atomic E-state index is 13.1. The van der Waals surface area contributed by atoms with E-state index in [1.54, 1.807) is 0 Å². The van der Waals surface area contributed by atoms with Gasteiger partial charge in [-0.05, 0) is 48.9 Å². The van der Waals surface area contributed by atoms with Crippen LogP contribution in [0.15, 0.2) is 132 Å². The first-order chi connectivity index (χ1) is 18.2. The van der Waals surface area contributed by atoms with E-state index in [2.05, 4.69) is 35.4 Å². The van der Waals surface area contributed by atoms with E-state index < -0.39 is 0 Å². The fourth-order valence-electron chi connectivity index (χ4n) is 4.45. The van der Waals surface area contributed by atoms with Crippen LogP contribution >= 0.6 is 0 Å². The summed E-state index contributed by atoms with van der Waals surface area (Å²) in [5, 5.41) is 10.9. The van der Waals surface area contributed by atoms with E-state index in [0.717, 1.165) is 39.5 Å². The number of benzene rings is 4. The molecule has 0 bridgehead atoms. The molecule has 0 aliphatic carbocycles. The summed E-state index contributed by atoms with van der Waals surface area (Å²) >= 11 is 0. The van der Waals surface area contributed by atoms with E-state index in [0.29, 0.717) is 11.3 Å². The normalized spacial score (nSPS) is 14.3. The Hall–Kier alpha value is -5.03. The van der Waals surface area contributed by atoms with Crippen LogP contribution < -0.4 is 5.01 Å². The summed E-state index contributed by atoms with van der Waals surface area (Å²) in [6, 6.07) is 40.1. The second-order valence-electron chi connectivity index (χ2n) is 8.85. The van der Waals surface area contributed by atoms with Crippen molar-refractivity contribution in [1.29, 1.82) is 0 Å². The molecule has 5 nitrogen and oxygen atoms in total. The molecule has 1 aliphatic heterocycles. The van der Waals surface area contributed by atoms with Crippen LogP contribution in [0.1, 0.15) is 12.5 Å². The highest BCUT2D eigenvalue weighted by atomic mass is 16.2. The molecule has 0 radical (unpaired) electrons. The summed E-state index contributed by atoms with van der Waals surface area (Å²) in [5.74, 6) is -0.126. The molecule has 178 valence electrons. The lowest BCUT2D eigenvalue weighted by Crippen LogP contribution is -2.21. The number of carbonyl (C=O) groups excluding carboxylic acids is 1. The van der Waals surface area contributed by atoms with Crippen molar-refractivity contribution >= 4 is 23.4 Å². The molecule has 0 saturated carbocycles. The fraction of sp³-hybridized carbons (Fsp3) is 0.0312. The Labute approximate surface area is 215 Å². The lowest BCUT2D eigenvalue weighted by Gasteiger charge is -2.11. The van der Waals surface area contributed by atoms with Crippen LogP contribution in [-0.2, 0) is 4.79 Å². The van der Waals surface area contributed by atoms with Crippen LogP contribution in [0.2, 0.25) is 0 Å². The second kappa shape index (κ2) is 9.55. The lowest BCUT2D eigenvalue weighted by molar-refractivity contribution is -0.114. The number of nitrogens with zero attached hydrogens (tertiary/aromatic N) is 4. The van der Waals surface area contributed by atoms with Gasteiger partial charge in [0.2, 0.25) is 0 Å². The molecular weight excluding hydrogens is 456 g/mol. The number of hydrogen-bond acceptors (Lipinski definition) is 3. The summed E-state index contributed by atoms with van der Waals surface area (Å²) in [4.78, 5) is 13.1. The smallest absolute Gasteiger partial charge is 0.267 e. The molecule has 0 N–H and O–H groups in total. The van der Waals surface area contributed by atoms with Gasteiger partial charge in [0.25, 0.3) is 5.91 Å². The minimum absolute atomic E-state index is 0.126. The predicted octanol–water partition coefficient (Wildman–Crippen LogP) is 7.01. The second-order valence-corrected chi connectivity index (χ2v) is 8.85. The molecular formula is C32H24N4O. The van der Waals surface area contributed by atoms with Crippen molar-refractivity contribution in [2.24, 2.45) is 5.10 Å². The van der Waals surface area contributed by atoms with Gasteiger partial charge in [-0.2, -0.15) is 15.2 Å². The van der Waals surface area contributed by atoms with Crippen LogP contribution in [0.3, 0.4) is 0 Å². The van der Waals surface area contributed by atoms with Crippen molar-refractivity contribution in [2.75, 3.05) is 5.01 Å². The van der Waals surface area contributed by atoms with Gasteiger partial charge in [-0.15, -0.1) is 0 Å². The zero-order chi connectivity index (χ0) is 25.2. The monoisotopic (exact) mass is 480 g/mol. The number of para-hydroxylation sites is 1. The van der Waals surface area contributed by atoms with E-state index in [4.69, 9.17) is 5.10 Å². The van der Waals surface area contributed by atoms with Gasteiger partial charge in [-0.3, -0.25) is 4.79 Å². The standard InChI is InChI=1S/C32H24N4O/c1-23-29(32(37)36(33-23)27-15-9-4-10-16-27)21-24-17-19-28(20-18-24)35-31(26-13-7-3-8-14-26)22-30(34-35)25-11-5-2-6-12-25/h2-22H,1H3. The Morgan fingerprint density at radius 1 is 0.676 bits per heavy atom. The topological polar surface area (TPSA) is 50.5 Å². The van der Waals surface area contributed by atoms with Crippen molar-refractivity contribution in [3.8, 4) is 28.2 Å². The van der Waals surface area contributed by atoms with Crippen molar-refractivity contribution in [3.63, 3.8) is 0 Å². The van der Waals surface area contributed by atoms with Gasteiger partial charge in [0, 0.05) is 11.1 Å². The third-order valence-corrected chi connectivity index (χ3v) is 6.36. The average Bonchev–Trinajstić information content (AvgIpc) is 3.52. The summed E-state index contributed by atoms with van der Waals surface area (Å²) in [7, 11) is 0. The summed E-state index contributed by atoms with van der Waals surface area (Å²) in [6.45, 7) is 1.86. The van der Waals surface area contributed by atoms with Gasteiger partial charge >= 0.3 is 0 Å². The molecule has 2 heterocycles. The molecule has 1 aromatic heterocycles. The van der Waals surface area contributed by atoms with Crippen LogP contribution in [0, 0.1) is 0 Å². The number of anilines is 1. The number of carbonyl (C=O) groups is 1. The van der Waals surface area contributed by atoms with Crippen molar-refractivity contribution in [2.45, 2.75) is 6.92 Å². The highest BCUT2D eigenvalue weighted by Gasteiger charge is 2.28. The Morgan fingerprint density at radius 2 is 1.27 bits per heavy atom. The first-order valence-corrected chi connectivity index (χ1v) is 12.2. The van der Waals surface area contributed by atoms with E-state index >= 15 is 0 Å². The van der Waals surface area contributed by atoms with Crippen LogP contribution in [-0.4, -0.2) is 21.4 Å². The molecule has 5 heteroatoms. The SMILES string of the molecule is CC1=NN(c2ccccc2)C(=O)C1=Cc1ccc(-n2nc(-c3ccccc3)cc2-c2ccccc2)cc1. The van der Waals surface area contributed by atoms with E-state index in [-0.39, 0.29) is 5.91 Å². The Balaban J connectivity index is 1.34. The predicted molar refractivity (Wildman–Crippen MR) is 149 cm³/mol. The molecule has 0 spiro atoms. The third kappa shape index (κ3) is 4.39. The summed E-state index contributed by atoms with van der Waals surface area (Å²) in [6.07, 6.45) is 1.89. The summed E-state index contributed by atoms with van der Waals surface area (Å²) < 4.78 is 1.97. The zero-order valence-electron chi connectivity index (χ0n) is 20.3. The van der Waals surface area contributed by atoms with Crippen LogP contribution in [0.25, 0.3) is 34.3 Å². The highest BCUT2D eigenvalue weighted by molar-refractivity contribution is 6.32. The number of hydrogen-bond donors (Lipinski definition) is 0. The maximum Gasteiger partial charge on any atom is 0.280 e. The van der Waals surface area contributed by atoms with Crippen molar-refractivity contribution in [3.05, 3.63) is 132 Å². The number of rotatable bonds is 5. The highest BCUT2D eigenvalue weighted by Crippen LogP contribution is 2.29. The third-order valence-electron chi connectivity index (χ3n) is 6.36. The number of amides is 1. The molecule has 37 heavy (non-hydrogen) atoms. The van der Waals surface area contributed by atoms with Crippen LogP contribution in [0.5, 0.6) is 0 Å². The first kappa shape index (κ1) is 22.4. The van der Waals surface area contributed by atoms with E-state index in [1.807, 2.05) is 109 Å². The fourth-order valence-corrected chi connectivity index (χ4v) is 4.45. The van der Waals surface area contributed by atoms with E-state index in [1.165, 1.54) is 5.01 Å². The van der Waals surface area contributed by atoms with Gasteiger partial charge in [-0.25, -0.2) is 4.68 Å². The summed E-state index contributed by atoms with van der Waals surface area (Å²) in [5.41, 5.74) is 7.99. The molecule has 1 amide bonds. The van der Waals surface area contributed by atoms with E-state index in [9.17, 15) is 4.79 Å². The molecule has 0 atom stereocenters. The van der Waals surface area contributed by atoms with Crippen LogP contribution in [0.4, 0.5) is 5.69 Å². The van der Waals surface area contributed by atoms with Gasteiger partial charge in [0.15, 0.2) is 0 Å². The van der Waals surface area contributed by atoms with Gasteiger partial charge in [-0.1, -0.05) is 91.0 Å². The van der Waals surface area contributed by atoms with Crippen molar-refractivity contribution < 1.29 is 4.79 Å². The first-order valence-electron chi connectivity index (χ1n) is 12.2. The minimum Gasteiger partial charge on any atom is -0.267 e. The molecule has 1 aliphatic rings. The molecule has 4 aromatic carbocycles.